The number of hydrogen-bond donors (Lipinski definition) is 0. The van der Waals surface area contributed by atoms with Gasteiger partial charge in [-0.15, -0.1) is 0 Å². The minimum Gasteiger partial charge on any atom is -0.377 e. The first-order valence-electron chi connectivity index (χ1n) is 6.52. The molecule has 1 fully saturated rings. The van der Waals surface area contributed by atoms with Crippen molar-refractivity contribution in [1.29, 1.82) is 0 Å². The third-order valence-electron chi connectivity index (χ3n) is 3.97. The van der Waals surface area contributed by atoms with Crippen LogP contribution in [0.3, 0.4) is 0 Å². The Morgan fingerprint density at radius 3 is 2.75 bits per heavy atom. The molecule has 1 saturated heterocycles. The van der Waals surface area contributed by atoms with E-state index in [9.17, 15) is 17.2 Å². The Balaban J connectivity index is 2.02. The van der Waals surface area contributed by atoms with Gasteiger partial charge in [0.15, 0.2) is 0 Å². The summed E-state index contributed by atoms with van der Waals surface area (Å²) in [6.07, 6.45) is 0.276. The maximum Gasteiger partial charge on any atom is 0.240 e. The number of anilines is 1. The van der Waals surface area contributed by atoms with Gasteiger partial charge in [0.25, 0.3) is 0 Å². The summed E-state index contributed by atoms with van der Waals surface area (Å²) < 4.78 is 58.7. The highest BCUT2D eigenvalue weighted by Crippen LogP contribution is 2.36. The van der Waals surface area contributed by atoms with Crippen LogP contribution in [0.1, 0.15) is 18.9 Å². The van der Waals surface area contributed by atoms with Gasteiger partial charge in [0.05, 0.1) is 11.8 Å². The molecule has 1 aromatic carbocycles. The number of sulfonamides is 1. The summed E-state index contributed by atoms with van der Waals surface area (Å²) in [7, 11) is -3.66. The Bertz CT molecular complexity index is 647. The number of nitrogens with zero attached hydrogens (tertiary/aromatic N) is 1. The third-order valence-corrected chi connectivity index (χ3v) is 6.34. The molecular formula is C13H15F2NO3S. The number of benzene rings is 1. The van der Waals surface area contributed by atoms with E-state index in [1.54, 1.807) is 6.92 Å². The van der Waals surface area contributed by atoms with E-state index >= 15 is 0 Å². The average molecular weight is 303 g/mol. The molecule has 0 aromatic heterocycles. The van der Waals surface area contributed by atoms with Gasteiger partial charge in [-0.05, 0) is 25.8 Å². The van der Waals surface area contributed by atoms with E-state index in [0.29, 0.717) is 13.0 Å². The number of hydrogen-bond acceptors (Lipinski definition) is 3. The molecule has 2 heterocycles. The number of fused-ring (bicyclic) bond motifs is 1. The number of halogens is 2. The fourth-order valence-corrected chi connectivity index (χ4v) is 4.99. The summed E-state index contributed by atoms with van der Waals surface area (Å²) in [5.74, 6) is -1.45. The zero-order chi connectivity index (χ0) is 14.5. The van der Waals surface area contributed by atoms with Crippen LogP contribution in [0.2, 0.25) is 0 Å². The molecule has 20 heavy (non-hydrogen) atoms. The van der Waals surface area contributed by atoms with Gasteiger partial charge in [0.2, 0.25) is 10.0 Å². The molecular weight excluding hydrogens is 288 g/mol. The van der Waals surface area contributed by atoms with Crippen molar-refractivity contribution >= 4 is 15.7 Å². The highest BCUT2D eigenvalue weighted by Gasteiger charge is 2.42. The summed E-state index contributed by atoms with van der Waals surface area (Å²) in [5.41, 5.74) is 0.392. The van der Waals surface area contributed by atoms with Gasteiger partial charge in [-0.2, -0.15) is 0 Å². The molecule has 0 bridgehead atoms. The second kappa shape index (κ2) is 4.66. The summed E-state index contributed by atoms with van der Waals surface area (Å²) in [5, 5.41) is -0.653. The average Bonchev–Trinajstić information content (AvgIpc) is 2.95. The zero-order valence-corrected chi connectivity index (χ0v) is 11.8. The monoisotopic (exact) mass is 303 g/mol. The first-order valence-corrected chi connectivity index (χ1v) is 8.02. The Morgan fingerprint density at radius 1 is 1.35 bits per heavy atom. The fraction of sp³-hybridized carbons (Fsp3) is 0.538. The van der Waals surface area contributed by atoms with Crippen molar-refractivity contribution in [3.05, 3.63) is 29.3 Å². The van der Waals surface area contributed by atoms with Crippen LogP contribution in [0.4, 0.5) is 14.5 Å². The lowest BCUT2D eigenvalue weighted by atomic mass is 10.1. The largest absolute Gasteiger partial charge is 0.377 e. The molecule has 0 radical (unpaired) electrons. The van der Waals surface area contributed by atoms with Gasteiger partial charge < -0.3 is 4.74 Å². The SMILES string of the molecule is CC1OCCC1S(=O)(=O)N1CCc2c(F)cc(F)cc21. The lowest BCUT2D eigenvalue weighted by Gasteiger charge is -2.25. The second-order valence-electron chi connectivity index (χ2n) is 5.16. The minimum absolute atomic E-state index is 0.126. The standard InChI is InChI=1S/C13H15F2NO3S/c1-8-13(3-5-19-8)20(17,18)16-4-2-10-11(15)6-9(14)7-12(10)16/h6-8,13H,2-5H2,1H3. The molecule has 110 valence electrons. The third kappa shape index (κ3) is 2.00. The van der Waals surface area contributed by atoms with E-state index in [1.165, 1.54) is 0 Å². The lowest BCUT2D eigenvalue weighted by molar-refractivity contribution is 0.126. The summed E-state index contributed by atoms with van der Waals surface area (Å²) in [4.78, 5) is 0. The van der Waals surface area contributed by atoms with E-state index in [1.807, 2.05) is 0 Å². The molecule has 2 atom stereocenters. The van der Waals surface area contributed by atoms with Gasteiger partial charge in [-0.3, -0.25) is 4.31 Å². The van der Waals surface area contributed by atoms with Gasteiger partial charge in [-0.25, -0.2) is 17.2 Å². The van der Waals surface area contributed by atoms with Crippen molar-refractivity contribution < 1.29 is 21.9 Å². The molecule has 2 aliphatic heterocycles. The van der Waals surface area contributed by atoms with Crippen molar-refractivity contribution in [2.45, 2.75) is 31.1 Å². The van der Waals surface area contributed by atoms with Crippen LogP contribution in [0.5, 0.6) is 0 Å². The maximum atomic E-state index is 13.7. The predicted octanol–water partition coefficient (Wildman–Crippen LogP) is 1.83. The fourth-order valence-electron chi connectivity index (χ4n) is 2.92. The maximum absolute atomic E-state index is 13.7. The van der Waals surface area contributed by atoms with Gasteiger partial charge in [0, 0.05) is 24.8 Å². The second-order valence-corrected chi connectivity index (χ2v) is 7.23. The molecule has 2 unspecified atom stereocenters. The van der Waals surface area contributed by atoms with E-state index in [-0.39, 0.29) is 24.2 Å². The molecule has 7 heteroatoms. The van der Waals surface area contributed by atoms with Crippen molar-refractivity contribution in [1.82, 2.24) is 0 Å². The Hall–Kier alpha value is -1.21. The summed E-state index contributed by atoms with van der Waals surface area (Å²) >= 11 is 0. The van der Waals surface area contributed by atoms with E-state index in [2.05, 4.69) is 0 Å². The smallest absolute Gasteiger partial charge is 0.240 e. The van der Waals surface area contributed by atoms with Gasteiger partial charge >= 0.3 is 0 Å². The molecule has 0 saturated carbocycles. The Labute approximate surface area is 116 Å². The molecule has 1 aromatic rings. The normalized spacial score (nSPS) is 26.1. The molecule has 4 nitrogen and oxygen atoms in total. The van der Waals surface area contributed by atoms with Crippen molar-refractivity contribution in [3.63, 3.8) is 0 Å². The number of rotatable bonds is 2. The van der Waals surface area contributed by atoms with E-state index in [4.69, 9.17) is 4.74 Å². The van der Waals surface area contributed by atoms with Gasteiger partial charge in [0.1, 0.15) is 16.9 Å². The predicted molar refractivity (Wildman–Crippen MR) is 70.1 cm³/mol. The quantitative estimate of drug-likeness (QED) is 0.837. The van der Waals surface area contributed by atoms with Crippen LogP contribution < -0.4 is 4.31 Å². The van der Waals surface area contributed by atoms with Gasteiger partial charge in [-0.1, -0.05) is 0 Å². The van der Waals surface area contributed by atoms with E-state index < -0.39 is 33.0 Å². The van der Waals surface area contributed by atoms with Crippen molar-refractivity contribution in [3.8, 4) is 0 Å². The Morgan fingerprint density at radius 2 is 2.10 bits per heavy atom. The van der Waals surface area contributed by atoms with Crippen LogP contribution in [0, 0.1) is 11.6 Å². The first-order chi connectivity index (χ1) is 9.41. The molecule has 3 rings (SSSR count). The van der Waals surface area contributed by atoms with Crippen LogP contribution in [0.15, 0.2) is 12.1 Å². The zero-order valence-electron chi connectivity index (χ0n) is 11.0. The van der Waals surface area contributed by atoms with Crippen LogP contribution in [0.25, 0.3) is 0 Å². The topological polar surface area (TPSA) is 46.6 Å². The van der Waals surface area contributed by atoms with Crippen LogP contribution >= 0.6 is 0 Å². The lowest BCUT2D eigenvalue weighted by Crippen LogP contribution is -2.41. The highest BCUT2D eigenvalue weighted by molar-refractivity contribution is 7.93. The minimum atomic E-state index is -3.66. The highest BCUT2D eigenvalue weighted by atomic mass is 32.2. The molecule has 0 aliphatic carbocycles. The molecule has 0 amide bonds. The summed E-state index contributed by atoms with van der Waals surface area (Å²) in [6.45, 7) is 2.25. The molecule has 2 aliphatic rings. The van der Waals surface area contributed by atoms with Crippen LogP contribution in [-0.2, 0) is 21.2 Å². The molecule has 0 spiro atoms. The van der Waals surface area contributed by atoms with Crippen molar-refractivity contribution in [2.75, 3.05) is 17.5 Å². The molecule has 0 N–H and O–H groups in total. The van der Waals surface area contributed by atoms with E-state index in [0.717, 1.165) is 16.4 Å². The number of ether oxygens (including phenoxy) is 1. The first kappa shape index (κ1) is 13.8. The summed E-state index contributed by atoms with van der Waals surface area (Å²) in [6, 6.07) is 1.87. The Kier molecular flexibility index (Phi) is 3.21. The van der Waals surface area contributed by atoms with Crippen LogP contribution in [-0.4, -0.2) is 32.9 Å². The van der Waals surface area contributed by atoms with Crippen molar-refractivity contribution in [2.24, 2.45) is 0 Å².